The maximum atomic E-state index is 13.3. The first-order valence-corrected chi connectivity index (χ1v) is 8.78. The van der Waals surface area contributed by atoms with Crippen molar-refractivity contribution in [3.63, 3.8) is 0 Å². The third-order valence-corrected chi connectivity index (χ3v) is 4.65. The number of carbonyl (C=O) groups excluding carboxylic acids is 2. The molecule has 0 unspecified atom stereocenters. The number of rotatable bonds is 5. The molecule has 1 aromatic heterocycles. The highest BCUT2D eigenvalue weighted by Crippen LogP contribution is 2.35. The van der Waals surface area contributed by atoms with Gasteiger partial charge in [-0.15, -0.1) is 0 Å². The molecule has 1 aliphatic heterocycles. The van der Waals surface area contributed by atoms with Crippen molar-refractivity contribution >= 4 is 23.4 Å². The number of fused-ring (bicyclic) bond motifs is 1. The summed E-state index contributed by atoms with van der Waals surface area (Å²) >= 11 is 5.77. The Morgan fingerprint density at radius 3 is 2.79 bits per heavy atom. The fraction of sp³-hybridized carbons (Fsp3) is 0.278. The number of benzene rings is 1. The zero-order chi connectivity index (χ0) is 20.4. The minimum atomic E-state index is -0.840. The molecule has 3 rings (SSSR count). The van der Waals surface area contributed by atoms with Crippen molar-refractivity contribution in [2.75, 3.05) is 19.7 Å². The molecule has 2 amide bonds. The quantitative estimate of drug-likeness (QED) is 0.588. The van der Waals surface area contributed by atoms with Crippen molar-refractivity contribution in [2.24, 2.45) is 0 Å². The molecule has 0 radical (unpaired) electrons. The number of aromatic nitrogens is 1. The number of nitrogens with zero attached hydrogens (tertiary/aromatic N) is 2. The lowest BCUT2D eigenvalue weighted by molar-refractivity contribution is 0.0721. The molecule has 0 bridgehead atoms. The summed E-state index contributed by atoms with van der Waals surface area (Å²) < 4.78 is 13.3. The Bertz CT molecular complexity index is 953. The SMILES string of the molecule is O=C(NCCO)c1nc(O)c(O)c2c1CCN(Cc1ccc(F)c(Cl)c1)C2=O. The first-order valence-electron chi connectivity index (χ1n) is 8.40. The van der Waals surface area contributed by atoms with E-state index in [9.17, 15) is 24.2 Å². The number of aliphatic hydroxyl groups is 1. The molecule has 148 valence electrons. The Morgan fingerprint density at radius 2 is 2.11 bits per heavy atom. The summed E-state index contributed by atoms with van der Waals surface area (Å²) in [5.74, 6) is -3.40. The Balaban J connectivity index is 1.93. The van der Waals surface area contributed by atoms with Gasteiger partial charge in [0.15, 0.2) is 5.75 Å². The fourth-order valence-electron chi connectivity index (χ4n) is 3.03. The fourth-order valence-corrected chi connectivity index (χ4v) is 3.23. The molecule has 2 aromatic rings. The molecular formula is C18H17ClFN3O5. The molecule has 1 aliphatic rings. The molecule has 10 heteroatoms. The van der Waals surface area contributed by atoms with E-state index in [1.807, 2.05) is 0 Å². The van der Waals surface area contributed by atoms with Crippen LogP contribution in [0, 0.1) is 5.82 Å². The van der Waals surface area contributed by atoms with Crippen LogP contribution in [0.3, 0.4) is 0 Å². The van der Waals surface area contributed by atoms with E-state index in [1.165, 1.54) is 23.1 Å². The molecule has 0 spiro atoms. The summed E-state index contributed by atoms with van der Waals surface area (Å²) in [7, 11) is 0. The van der Waals surface area contributed by atoms with E-state index in [2.05, 4.69) is 10.3 Å². The maximum absolute atomic E-state index is 13.3. The second-order valence-electron chi connectivity index (χ2n) is 6.19. The summed E-state index contributed by atoms with van der Waals surface area (Å²) in [6.07, 6.45) is 0.207. The van der Waals surface area contributed by atoms with E-state index in [-0.39, 0.29) is 54.5 Å². The molecule has 2 heterocycles. The minimum absolute atomic E-state index is 0.0255. The number of aliphatic hydroxyl groups excluding tert-OH is 1. The first kappa shape index (κ1) is 19.8. The largest absolute Gasteiger partial charge is 0.503 e. The van der Waals surface area contributed by atoms with Crippen molar-refractivity contribution in [3.05, 3.63) is 51.4 Å². The topological polar surface area (TPSA) is 123 Å². The predicted molar refractivity (Wildman–Crippen MR) is 96.8 cm³/mol. The van der Waals surface area contributed by atoms with Crippen LogP contribution in [-0.2, 0) is 13.0 Å². The van der Waals surface area contributed by atoms with Crippen LogP contribution >= 0.6 is 11.6 Å². The maximum Gasteiger partial charge on any atom is 0.270 e. The van der Waals surface area contributed by atoms with Crippen LogP contribution in [0.25, 0.3) is 0 Å². The zero-order valence-corrected chi connectivity index (χ0v) is 15.3. The number of aromatic hydroxyl groups is 2. The van der Waals surface area contributed by atoms with Gasteiger partial charge in [0.1, 0.15) is 11.5 Å². The smallest absolute Gasteiger partial charge is 0.270 e. The Hall–Kier alpha value is -2.91. The summed E-state index contributed by atoms with van der Waals surface area (Å²) in [4.78, 5) is 30.2. The van der Waals surface area contributed by atoms with Crippen molar-refractivity contribution in [2.45, 2.75) is 13.0 Å². The van der Waals surface area contributed by atoms with Gasteiger partial charge in [-0.2, -0.15) is 0 Å². The zero-order valence-electron chi connectivity index (χ0n) is 14.6. The third-order valence-electron chi connectivity index (χ3n) is 4.36. The van der Waals surface area contributed by atoms with E-state index in [4.69, 9.17) is 16.7 Å². The Kier molecular flexibility index (Phi) is 5.66. The van der Waals surface area contributed by atoms with Gasteiger partial charge < -0.3 is 25.5 Å². The number of pyridine rings is 1. The minimum Gasteiger partial charge on any atom is -0.503 e. The van der Waals surface area contributed by atoms with Gasteiger partial charge in [0, 0.05) is 25.2 Å². The van der Waals surface area contributed by atoms with Gasteiger partial charge in [0.2, 0.25) is 0 Å². The van der Waals surface area contributed by atoms with Gasteiger partial charge in [-0.3, -0.25) is 9.59 Å². The van der Waals surface area contributed by atoms with Crippen molar-refractivity contribution < 1.29 is 29.3 Å². The van der Waals surface area contributed by atoms with Crippen LogP contribution in [0.4, 0.5) is 4.39 Å². The number of amides is 2. The lowest BCUT2D eigenvalue weighted by atomic mass is 9.95. The first-order chi connectivity index (χ1) is 13.3. The van der Waals surface area contributed by atoms with Gasteiger partial charge >= 0.3 is 0 Å². The van der Waals surface area contributed by atoms with Crippen LogP contribution in [0.1, 0.15) is 32.0 Å². The van der Waals surface area contributed by atoms with E-state index in [1.54, 1.807) is 0 Å². The number of hydrogen-bond acceptors (Lipinski definition) is 6. The summed E-state index contributed by atoms with van der Waals surface area (Å²) in [6.45, 7) is 0.00704. The molecule has 1 aromatic carbocycles. The van der Waals surface area contributed by atoms with Crippen LogP contribution in [-0.4, -0.2) is 56.7 Å². The highest BCUT2D eigenvalue weighted by atomic mass is 35.5. The van der Waals surface area contributed by atoms with E-state index < -0.39 is 29.3 Å². The van der Waals surface area contributed by atoms with Gasteiger partial charge in [-0.05, 0) is 24.1 Å². The van der Waals surface area contributed by atoms with Crippen molar-refractivity contribution in [3.8, 4) is 11.6 Å². The molecule has 8 nitrogen and oxygen atoms in total. The number of nitrogens with one attached hydrogen (secondary N) is 1. The lowest BCUT2D eigenvalue weighted by Gasteiger charge is -2.30. The molecule has 0 atom stereocenters. The molecule has 0 saturated carbocycles. The third kappa shape index (κ3) is 3.71. The highest BCUT2D eigenvalue weighted by Gasteiger charge is 2.33. The van der Waals surface area contributed by atoms with E-state index in [0.717, 1.165) is 0 Å². The van der Waals surface area contributed by atoms with Crippen LogP contribution in [0.2, 0.25) is 5.02 Å². The van der Waals surface area contributed by atoms with Gasteiger partial charge in [-0.25, -0.2) is 9.37 Å². The number of carbonyl (C=O) groups is 2. The van der Waals surface area contributed by atoms with Crippen LogP contribution in [0.5, 0.6) is 11.6 Å². The second-order valence-corrected chi connectivity index (χ2v) is 6.60. The standard InChI is InChI=1S/C18H17ClFN3O5/c19-11-7-9(1-2-12(11)20)8-23-5-3-10-13(18(23)28)15(25)17(27)22-14(10)16(26)21-4-6-24/h1-2,7,24-25H,3-6,8H2,(H,21,26)(H,22,27). The van der Waals surface area contributed by atoms with E-state index in [0.29, 0.717) is 5.56 Å². The monoisotopic (exact) mass is 409 g/mol. The van der Waals surface area contributed by atoms with Crippen molar-refractivity contribution in [1.29, 1.82) is 0 Å². The number of hydrogen-bond donors (Lipinski definition) is 4. The molecule has 0 aliphatic carbocycles. The second kappa shape index (κ2) is 7.99. The van der Waals surface area contributed by atoms with Gasteiger partial charge in [-0.1, -0.05) is 17.7 Å². The summed E-state index contributed by atoms with van der Waals surface area (Å²) in [5, 5.41) is 31.2. The van der Waals surface area contributed by atoms with Gasteiger partial charge in [0.25, 0.3) is 17.7 Å². The average molecular weight is 410 g/mol. The van der Waals surface area contributed by atoms with Crippen LogP contribution < -0.4 is 5.32 Å². The summed E-state index contributed by atoms with van der Waals surface area (Å²) in [5.41, 5.74) is 0.406. The Labute approximate surface area is 164 Å². The van der Waals surface area contributed by atoms with Gasteiger partial charge in [0.05, 0.1) is 17.2 Å². The average Bonchev–Trinajstić information content (AvgIpc) is 2.67. The summed E-state index contributed by atoms with van der Waals surface area (Å²) in [6, 6.07) is 4.08. The Morgan fingerprint density at radius 1 is 1.36 bits per heavy atom. The molecule has 0 fully saturated rings. The van der Waals surface area contributed by atoms with E-state index >= 15 is 0 Å². The molecular weight excluding hydrogens is 393 g/mol. The molecule has 0 saturated heterocycles. The van der Waals surface area contributed by atoms with Crippen molar-refractivity contribution in [1.82, 2.24) is 15.2 Å². The molecule has 28 heavy (non-hydrogen) atoms. The predicted octanol–water partition coefficient (Wildman–Crippen LogP) is 1.21. The number of halogens is 2. The molecule has 4 N–H and O–H groups in total. The normalized spacial score (nSPS) is 13.4. The highest BCUT2D eigenvalue weighted by molar-refractivity contribution is 6.30. The lowest BCUT2D eigenvalue weighted by Crippen LogP contribution is -2.39. The van der Waals surface area contributed by atoms with Crippen LogP contribution in [0.15, 0.2) is 18.2 Å².